The highest BCUT2D eigenvalue weighted by Crippen LogP contribution is 2.60. The molecule has 14 heteroatoms. The summed E-state index contributed by atoms with van der Waals surface area (Å²) in [6.07, 6.45) is 3.49. The molecular formula is C29H40N4O9S. The van der Waals surface area contributed by atoms with Crippen molar-refractivity contribution in [2.45, 2.75) is 75.3 Å². The van der Waals surface area contributed by atoms with Crippen LogP contribution < -0.4 is 19.5 Å². The second-order valence-corrected chi connectivity index (χ2v) is 13.9. The SMILES string of the molecule is COc1ncnc(N(CCO[C@H]2O[C@@H]3O[C@@]4(C)CCC5[C@H](C)CC[C@@H]([C@H]2C)[C@]53OO4)S(=O)(=O)c2ccc(N)cc2)c1OC. The monoisotopic (exact) mass is 620 g/mol. The van der Waals surface area contributed by atoms with Gasteiger partial charge in [-0.3, -0.25) is 0 Å². The van der Waals surface area contributed by atoms with Crippen molar-refractivity contribution in [2.24, 2.45) is 23.7 Å². The quantitative estimate of drug-likeness (QED) is 0.322. The Balaban J connectivity index is 1.27. The van der Waals surface area contributed by atoms with Crippen LogP contribution in [0.4, 0.5) is 11.5 Å². The number of fused-ring (bicyclic) bond motifs is 2. The molecule has 2 aromatic rings. The van der Waals surface area contributed by atoms with E-state index in [4.69, 9.17) is 39.2 Å². The summed E-state index contributed by atoms with van der Waals surface area (Å²) in [6.45, 7) is 6.10. The van der Waals surface area contributed by atoms with E-state index < -0.39 is 34.0 Å². The smallest absolute Gasteiger partial charge is 0.265 e. The number of nitrogen functional groups attached to an aromatic ring is 1. The zero-order valence-electron chi connectivity index (χ0n) is 25.1. The molecule has 0 amide bonds. The van der Waals surface area contributed by atoms with E-state index in [0.29, 0.717) is 18.0 Å². The van der Waals surface area contributed by atoms with E-state index in [0.717, 1.165) is 23.6 Å². The van der Waals surface area contributed by atoms with Crippen LogP contribution >= 0.6 is 0 Å². The standard InChI is InChI=1S/C29H40N4O9S/c1-17-6-11-22-18(2)26(39-27-29(22)21(17)12-13-28(3,40-27)41-42-29)38-15-14-33(24-23(36-4)25(37-5)32-16-31-24)43(34,35)20-9-7-19(30)8-10-20/h7-10,16-18,21-22,26-27H,6,11-15,30H2,1-5H3/t17-,18-,21?,22+,26+,27-,28-,29-/m1/s1. The third kappa shape index (κ3) is 5.01. The molecule has 43 heavy (non-hydrogen) atoms. The highest BCUT2D eigenvalue weighted by molar-refractivity contribution is 7.92. The number of benzene rings is 1. The molecule has 2 bridgehead atoms. The number of methoxy groups -OCH3 is 2. The fourth-order valence-electron chi connectivity index (χ4n) is 7.27. The molecule has 13 nitrogen and oxygen atoms in total. The molecule has 0 radical (unpaired) electrons. The summed E-state index contributed by atoms with van der Waals surface area (Å²) in [7, 11) is -1.32. The number of sulfonamides is 1. The minimum Gasteiger partial charge on any atom is -0.489 e. The topological polar surface area (TPSA) is 154 Å². The van der Waals surface area contributed by atoms with E-state index in [2.05, 4.69) is 23.8 Å². The molecule has 4 saturated heterocycles. The van der Waals surface area contributed by atoms with E-state index in [9.17, 15) is 8.42 Å². The Morgan fingerprint density at radius 2 is 1.81 bits per heavy atom. The van der Waals surface area contributed by atoms with Gasteiger partial charge in [-0.05, 0) is 62.3 Å². The van der Waals surface area contributed by atoms with Crippen LogP contribution in [0, 0.1) is 23.7 Å². The lowest BCUT2D eigenvalue weighted by Gasteiger charge is -2.60. The summed E-state index contributed by atoms with van der Waals surface area (Å²) in [6, 6.07) is 5.93. The summed E-state index contributed by atoms with van der Waals surface area (Å²) < 4.78 is 59.1. The van der Waals surface area contributed by atoms with Gasteiger partial charge >= 0.3 is 0 Å². The van der Waals surface area contributed by atoms with Crippen molar-refractivity contribution in [3.63, 3.8) is 0 Å². The van der Waals surface area contributed by atoms with Gasteiger partial charge in [0.05, 0.1) is 32.3 Å². The van der Waals surface area contributed by atoms with Gasteiger partial charge in [-0.15, -0.1) is 0 Å². The average Bonchev–Trinajstić information content (AvgIpc) is 3.23. The fourth-order valence-corrected chi connectivity index (χ4v) is 8.68. The Bertz CT molecular complexity index is 1430. The summed E-state index contributed by atoms with van der Waals surface area (Å²) >= 11 is 0. The Kier molecular flexibility index (Phi) is 7.97. The van der Waals surface area contributed by atoms with Gasteiger partial charge in [0.15, 0.2) is 24.0 Å². The molecule has 5 aliphatic rings. The van der Waals surface area contributed by atoms with Crippen LogP contribution in [0.15, 0.2) is 35.5 Å². The number of anilines is 2. The van der Waals surface area contributed by atoms with E-state index in [-0.39, 0.29) is 53.2 Å². The van der Waals surface area contributed by atoms with Crippen LogP contribution in [0.25, 0.3) is 0 Å². The molecule has 8 atom stereocenters. The molecule has 1 saturated carbocycles. The highest BCUT2D eigenvalue weighted by atomic mass is 32.2. The first-order valence-corrected chi connectivity index (χ1v) is 16.1. The number of ether oxygens (including phenoxy) is 5. The minimum absolute atomic E-state index is 0.0123. The predicted octanol–water partition coefficient (Wildman–Crippen LogP) is 3.50. The highest BCUT2D eigenvalue weighted by Gasteiger charge is 2.69. The zero-order valence-corrected chi connectivity index (χ0v) is 25.9. The van der Waals surface area contributed by atoms with Crippen LogP contribution in [-0.2, 0) is 34.0 Å². The largest absolute Gasteiger partial charge is 0.489 e. The lowest BCUT2D eigenvalue weighted by atomic mass is 9.58. The summed E-state index contributed by atoms with van der Waals surface area (Å²) in [5.41, 5.74) is 5.54. The first kappa shape index (κ1) is 30.3. The molecule has 1 spiro atoms. The van der Waals surface area contributed by atoms with Crippen LogP contribution in [0.5, 0.6) is 11.6 Å². The molecule has 2 N–H and O–H groups in total. The molecule has 7 rings (SSSR count). The van der Waals surface area contributed by atoms with Gasteiger partial charge in [0.1, 0.15) is 6.33 Å². The fraction of sp³-hybridized carbons (Fsp3) is 0.655. The molecule has 1 aliphatic carbocycles. The van der Waals surface area contributed by atoms with E-state index in [1.807, 2.05) is 6.92 Å². The van der Waals surface area contributed by atoms with Gasteiger partial charge in [0.2, 0.25) is 11.5 Å². The number of hydrogen-bond donors (Lipinski definition) is 1. The number of nitrogens with two attached hydrogens (primary N) is 1. The number of hydrogen-bond acceptors (Lipinski definition) is 12. The Labute approximate surface area is 251 Å². The maximum Gasteiger partial charge on any atom is 0.265 e. The van der Waals surface area contributed by atoms with Crippen molar-refractivity contribution >= 4 is 21.5 Å². The second-order valence-electron chi connectivity index (χ2n) is 12.0. The summed E-state index contributed by atoms with van der Waals surface area (Å²) in [5, 5.41) is 0. The van der Waals surface area contributed by atoms with E-state index >= 15 is 0 Å². The zero-order chi connectivity index (χ0) is 30.6. The summed E-state index contributed by atoms with van der Waals surface area (Å²) in [4.78, 5) is 20.5. The van der Waals surface area contributed by atoms with Crippen molar-refractivity contribution in [2.75, 3.05) is 37.4 Å². The summed E-state index contributed by atoms with van der Waals surface area (Å²) in [5.74, 6) is -0.0658. The molecule has 4 aliphatic heterocycles. The maximum absolute atomic E-state index is 14.0. The minimum atomic E-state index is -4.13. The number of rotatable bonds is 9. The number of nitrogens with zero attached hydrogens (tertiary/aromatic N) is 3. The first-order chi connectivity index (χ1) is 20.5. The molecule has 236 valence electrons. The Morgan fingerprint density at radius 1 is 1.05 bits per heavy atom. The third-order valence-electron chi connectivity index (χ3n) is 9.53. The lowest BCUT2D eigenvalue weighted by molar-refractivity contribution is -0.577. The average molecular weight is 621 g/mol. The third-order valence-corrected chi connectivity index (χ3v) is 11.3. The molecule has 1 aromatic heterocycles. The molecule has 1 unspecified atom stereocenters. The molecule has 1 aromatic carbocycles. The van der Waals surface area contributed by atoms with Crippen molar-refractivity contribution in [3.8, 4) is 11.6 Å². The second kappa shape index (κ2) is 11.3. The van der Waals surface area contributed by atoms with Gasteiger partial charge in [-0.25, -0.2) is 27.5 Å². The van der Waals surface area contributed by atoms with Gasteiger partial charge in [0, 0.05) is 23.9 Å². The van der Waals surface area contributed by atoms with Gasteiger partial charge in [0.25, 0.3) is 15.9 Å². The normalized spacial score (nSPS) is 35.1. The van der Waals surface area contributed by atoms with Crippen molar-refractivity contribution < 1.29 is 41.9 Å². The van der Waals surface area contributed by atoms with Crippen LogP contribution in [-0.4, -0.2) is 69.7 Å². The van der Waals surface area contributed by atoms with Crippen LogP contribution in [0.2, 0.25) is 0 Å². The number of aromatic nitrogens is 2. The van der Waals surface area contributed by atoms with Crippen molar-refractivity contribution in [1.29, 1.82) is 0 Å². The van der Waals surface area contributed by atoms with Gasteiger partial charge in [-0.1, -0.05) is 13.8 Å². The van der Waals surface area contributed by atoms with Crippen molar-refractivity contribution in [1.82, 2.24) is 9.97 Å². The maximum atomic E-state index is 14.0. The van der Waals surface area contributed by atoms with Crippen LogP contribution in [0.3, 0.4) is 0 Å². The molecular weight excluding hydrogens is 580 g/mol. The predicted molar refractivity (Wildman–Crippen MR) is 153 cm³/mol. The molecule has 5 heterocycles. The van der Waals surface area contributed by atoms with Crippen molar-refractivity contribution in [3.05, 3.63) is 30.6 Å². The van der Waals surface area contributed by atoms with Gasteiger partial charge in [-0.2, -0.15) is 4.98 Å². The Hall–Kier alpha value is -2.75. The van der Waals surface area contributed by atoms with E-state index in [1.165, 1.54) is 44.8 Å². The van der Waals surface area contributed by atoms with Crippen LogP contribution in [0.1, 0.15) is 46.5 Å². The molecule has 5 fully saturated rings. The van der Waals surface area contributed by atoms with E-state index in [1.54, 1.807) is 0 Å². The lowest BCUT2D eigenvalue weighted by Crippen LogP contribution is -2.70. The Morgan fingerprint density at radius 3 is 2.53 bits per heavy atom. The first-order valence-electron chi connectivity index (χ1n) is 14.7. The van der Waals surface area contributed by atoms with Gasteiger partial charge < -0.3 is 29.4 Å².